The van der Waals surface area contributed by atoms with Gasteiger partial charge in [-0.25, -0.2) is 27.5 Å². The number of alkyl halides is 7. The Morgan fingerprint density at radius 1 is 1.03 bits per heavy atom. The normalized spacial score (nSPS) is 29.4. The van der Waals surface area contributed by atoms with Crippen molar-refractivity contribution < 1.29 is 30.7 Å². The highest BCUT2D eigenvalue weighted by molar-refractivity contribution is 6.11. The number of nitrogens with two attached hydrogens (primary N) is 1. The van der Waals surface area contributed by atoms with E-state index in [4.69, 9.17) is 5.73 Å². The second-order valence-corrected chi connectivity index (χ2v) is 9.29. The minimum Gasteiger partial charge on any atom is -0.319 e. The third kappa shape index (κ3) is 5.31. The summed E-state index contributed by atoms with van der Waals surface area (Å²) in [5, 5.41) is 9.02. The molecule has 0 spiro atoms. The number of hydrogen-bond acceptors (Lipinski definition) is 4. The van der Waals surface area contributed by atoms with E-state index < -0.39 is 54.3 Å². The second kappa shape index (κ2) is 8.38. The zero-order chi connectivity index (χ0) is 24.9. The summed E-state index contributed by atoms with van der Waals surface area (Å²) < 4.78 is 96.3. The van der Waals surface area contributed by atoms with Crippen molar-refractivity contribution in [2.45, 2.75) is 81.2 Å². The number of nitrogens with zero attached hydrogens (tertiary/aromatic N) is 4. The van der Waals surface area contributed by atoms with Gasteiger partial charge in [-0.3, -0.25) is 10.4 Å². The molecule has 0 amide bonds. The molecule has 0 saturated heterocycles. The van der Waals surface area contributed by atoms with Crippen LogP contribution >= 0.6 is 0 Å². The molecule has 1 aromatic rings. The molecule has 1 aromatic heterocycles. The molecule has 0 radical (unpaired) electrons. The first-order valence-electron chi connectivity index (χ1n) is 11.0. The molecule has 1 atom stereocenters. The van der Waals surface area contributed by atoms with Crippen LogP contribution in [0.1, 0.15) is 62.6 Å². The number of aliphatic imine (C=N–C) groups is 2. The molecule has 2 aliphatic carbocycles. The molecule has 3 aliphatic rings. The molecular weight excluding hydrogens is 471 g/mol. The van der Waals surface area contributed by atoms with Gasteiger partial charge in [-0.2, -0.15) is 18.3 Å². The monoisotopic (exact) mass is 497 g/mol. The van der Waals surface area contributed by atoms with Crippen LogP contribution in [0.4, 0.5) is 30.7 Å². The van der Waals surface area contributed by atoms with E-state index in [0.29, 0.717) is 0 Å². The van der Waals surface area contributed by atoms with E-state index >= 15 is 0 Å². The van der Waals surface area contributed by atoms with Gasteiger partial charge in [-0.1, -0.05) is 0 Å². The number of nitrogens with one attached hydrogen (secondary N) is 2. The molecule has 14 heteroatoms. The van der Waals surface area contributed by atoms with E-state index in [1.807, 2.05) is 0 Å². The summed E-state index contributed by atoms with van der Waals surface area (Å²) in [5.74, 6) is -8.25. The van der Waals surface area contributed by atoms with Crippen molar-refractivity contribution in [3.05, 3.63) is 17.5 Å². The molecule has 0 bridgehead atoms. The summed E-state index contributed by atoms with van der Waals surface area (Å²) >= 11 is 0. The standard InChI is InChI=1S/C20H26F7N7/c1-34-10-13(14(33-34)19(25,26)27)15-30-16(29-12-4-8-18(23,24)9-5-12)32-20(28,31-15)11-2-6-17(21,22)7-3-11/h10-12H,2-9,28H2,1H3,(H2,29,30,31,32). The predicted octanol–water partition coefficient (Wildman–Crippen LogP) is 3.75. The van der Waals surface area contributed by atoms with Gasteiger partial charge in [0.25, 0.3) is 0 Å². The van der Waals surface area contributed by atoms with Crippen LogP contribution < -0.4 is 16.4 Å². The van der Waals surface area contributed by atoms with Gasteiger partial charge in [-0.05, 0) is 25.7 Å². The van der Waals surface area contributed by atoms with E-state index in [-0.39, 0.29) is 55.9 Å². The summed E-state index contributed by atoms with van der Waals surface area (Å²) in [6, 6.07) is -0.509. The Balaban J connectivity index is 1.69. The first-order valence-corrected chi connectivity index (χ1v) is 11.0. The summed E-state index contributed by atoms with van der Waals surface area (Å²) in [5.41, 5.74) is 4.89. The molecule has 1 unspecified atom stereocenters. The van der Waals surface area contributed by atoms with Gasteiger partial charge in [0.1, 0.15) is 5.84 Å². The lowest BCUT2D eigenvalue weighted by atomic mass is 9.82. The number of amidine groups is 1. The fourth-order valence-corrected chi connectivity index (χ4v) is 4.65. The SMILES string of the molecule is Cn1cc(C2=NC(N)(C3CCC(F)(F)CC3)NC(=NC3CCC(F)(F)CC3)N2)c(C(F)(F)F)n1. The molecule has 2 heterocycles. The Labute approximate surface area is 191 Å². The van der Waals surface area contributed by atoms with E-state index in [0.717, 1.165) is 10.9 Å². The van der Waals surface area contributed by atoms with Crippen molar-refractivity contribution in [3.8, 4) is 0 Å². The molecular formula is C20H26F7N7. The predicted molar refractivity (Wildman–Crippen MR) is 109 cm³/mol. The average Bonchev–Trinajstić information content (AvgIpc) is 3.11. The van der Waals surface area contributed by atoms with Gasteiger partial charge in [0.2, 0.25) is 11.8 Å². The van der Waals surface area contributed by atoms with Gasteiger partial charge < -0.3 is 10.6 Å². The Bertz CT molecular complexity index is 964. The summed E-state index contributed by atoms with van der Waals surface area (Å²) in [7, 11) is 1.32. The van der Waals surface area contributed by atoms with Crippen LogP contribution in [0.25, 0.3) is 0 Å². The van der Waals surface area contributed by atoms with Crippen molar-refractivity contribution in [1.82, 2.24) is 20.4 Å². The fourth-order valence-electron chi connectivity index (χ4n) is 4.65. The first-order chi connectivity index (χ1) is 15.7. The maximum atomic E-state index is 13.7. The van der Waals surface area contributed by atoms with Crippen LogP contribution in [0, 0.1) is 5.92 Å². The maximum Gasteiger partial charge on any atom is 0.435 e. The highest BCUT2D eigenvalue weighted by atomic mass is 19.4. The zero-order valence-electron chi connectivity index (χ0n) is 18.4. The van der Waals surface area contributed by atoms with E-state index in [1.54, 1.807) is 0 Å². The van der Waals surface area contributed by atoms with Crippen LogP contribution in [0.2, 0.25) is 0 Å². The Kier molecular flexibility index (Phi) is 6.10. The van der Waals surface area contributed by atoms with Crippen LogP contribution in [-0.2, 0) is 13.2 Å². The lowest BCUT2D eigenvalue weighted by Gasteiger charge is -2.42. The van der Waals surface area contributed by atoms with E-state index in [1.165, 1.54) is 7.05 Å². The summed E-state index contributed by atoms with van der Waals surface area (Å²) in [6.07, 6.45) is -5.09. The van der Waals surface area contributed by atoms with Crippen molar-refractivity contribution in [2.24, 2.45) is 28.7 Å². The van der Waals surface area contributed by atoms with Gasteiger partial charge in [-0.15, -0.1) is 0 Å². The van der Waals surface area contributed by atoms with Gasteiger partial charge in [0.15, 0.2) is 17.4 Å². The Morgan fingerprint density at radius 2 is 1.59 bits per heavy atom. The van der Waals surface area contributed by atoms with Crippen molar-refractivity contribution in [1.29, 1.82) is 0 Å². The average molecular weight is 497 g/mol. The molecule has 4 N–H and O–H groups in total. The number of hydrogen-bond donors (Lipinski definition) is 3. The van der Waals surface area contributed by atoms with E-state index in [2.05, 4.69) is 25.7 Å². The summed E-state index contributed by atoms with van der Waals surface area (Å²) in [6.45, 7) is 0. The lowest BCUT2D eigenvalue weighted by molar-refractivity contribution is -0.141. The number of halogens is 7. The first kappa shape index (κ1) is 24.7. The molecule has 1 aliphatic heterocycles. The van der Waals surface area contributed by atoms with Crippen LogP contribution in [0.15, 0.2) is 16.2 Å². The van der Waals surface area contributed by atoms with Crippen LogP contribution in [-0.4, -0.2) is 45.2 Å². The van der Waals surface area contributed by atoms with E-state index in [9.17, 15) is 30.7 Å². The van der Waals surface area contributed by atoms with Gasteiger partial charge in [0, 0.05) is 44.8 Å². The number of guanidine groups is 1. The highest BCUT2D eigenvalue weighted by Gasteiger charge is 2.47. The minimum atomic E-state index is -4.79. The smallest absolute Gasteiger partial charge is 0.319 e. The highest BCUT2D eigenvalue weighted by Crippen LogP contribution is 2.41. The molecule has 0 aromatic carbocycles. The molecule has 190 valence electrons. The van der Waals surface area contributed by atoms with Crippen molar-refractivity contribution in [2.75, 3.05) is 0 Å². The second-order valence-electron chi connectivity index (χ2n) is 9.29. The third-order valence-electron chi connectivity index (χ3n) is 6.54. The molecule has 34 heavy (non-hydrogen) atoms. The Morgan fingerprint density at radius 3 is 2.15 bits per heavy atom. The topological polar surface area (TPSA) is 92.6 Å². The zero-order valence-corrected chi connectivity index (χ0v) is 18.4. The number of aromatic nitrogens is 2. The van der Waals surface area contributed by atoms with Crippen molar-refractivity contribution in [3.63, 3.8) is 0 Å². The Hall–Kier alpha value is -2.38. The minimum absolute atomic E-state index is 0.00458. The third-order valence-corrected chi connectivity index (χ3v) is 6.54. The summed E-state index contributed by atoms with van der Waals surface area (Å²) in [4.78, 5) is 8.68. The van der Waals surface area contributed by atoms with Crippen LogP contribution in [0.3, 0.4) is 0 Å². The lowest BCUT2D eigenvalue weighted by Crippen LogP contribution is -2.67. The molecule has 2 fully saturated rings. The quantitative estimate of drug-likeness (QED) is 0.555. The number of rotatable bonds is 3. The number of aryl methyl sites for hydroxylation is 1. The molecule has 2 saturated carbocycles. The van der Waals surface area contributed by atoms with Gasteiger partial charge >= 0.3 is 6.18 Å². The van der Waals surface area contributed by atoms with Crippen molar-refractivity contribution >= 4 is 11.8 Å². The van der Waals surface area contributed by atoms with Gasteiger partial charge in [0.05, 0.1) is 11.6 Å². The largest absolute Gasteiger partial charge is 0.435 e. The molecule has 4 rings (SSSR count). The van der Waals surface area contributed by atoms with Crippen LogP contribution in [0.5, 0.6) is 0 Å². The fraction of sp³-hybridized carbons (Fsp3) is 0.750. The maximum absolute atomic E-state index is 13.7. The molecule has 7 nitrogen and oxygen atoms in total.